The first kappa shape index (κ1) is 17.1. The van der Waals surface area contributed by atoms with E-state index in [-0.39, 0.29) is 11.7 Å². The molecule has 0 atom stereocenters. The quantitative estimate of drug-likeness (QED) is 0.708. The average molecular weight is 360 g/mol. The van der Waals surface area contributed by atoms with Crippen molar-refractivity contribution in [1.82, 2.24) is 10.2 Å². The predicted molar refractivity (Wildman–Crippen MR) is 95.0 cm³/mol. The van der Waals surface area contributed by atoms with Crippen LogP contribution in [-0.2, 0) is 0 Å². The van der Waals surface area contributed by atoms with Crippen molar-refractivity contribution in [3.05, 3.63) is 58.5 Å². The molecule has 0 saturated carbocycles. The lowest BCUT2D eigenvalue weighted by atomic mass is 10.1. The van der Waals surface area contributed by atoms with Crippen LogP contribution < -0.4 is 9.64 Å². The molecule has 128 valence electrons. The first-order valence-electron chi connectivity index (χ1n) is 7.45. The van der Waals surface area contributed by atoms with Gasteiger partial charge in [0, 0.05) is 29.8 Å². The van der Waals surface area contributed by atoms with Crippen molar-refractivity contribution in [2.75, 3.05) is 19.1 Å². The summed E-state index contributed by atoms with van der Waals surface area (Å²) in [6, 6.07) is 7.66. The van der Waals surface area contributed by atoms with Crippen LogP contribution in [0.25, 0.3) is 10.9 Å². The molecule has 3 rings (SSSR count). The predicted octanol–water partition coefficient (Wildman–Crippen LogP) is 4.02. The van der Waals surface area contributed by atoms with Gasteiger partial charge in [0.1, 0.15) is 0 Å². The zero-order valence-electron chi connectivity index (χ0n) is 13.9. The Labute approximate surface area is 149 Å². The third-order valence-electron chi connectivity index (χ3n) is 3.96. The van der Waals surface area contributed by atoms with Crippen LogP contribution in [0.2, 0.25) is 5.02 Å². The first-order chi connectivity index (χ1) is 11.9. The maximum atomic E-state index is 13.6. The van der Waals surface area contributed by atoms with Gasteiger partial charge < -0.3 is 9.64 Å². The number of halogens is 2. The van der Waals surface area contributed by atoms with E-state index >= 15 is 0 Å². The van der Waals surface area contributed by atoms with Gasteiger partial charge in [-0.25, -0.2) is 4.39 Å². The summed E-state index contributed by atoms with van der Waals surface area (Å²) < 4.78 is 18.5. The monoisotopic (exact) mass is 359 g/mol. The number of carbonyl (C=O) groups excluding carboxylic acids is 1. The number of hydrogen-bond acceptors (Lipinski definition) is 4. The van der Waals surface area contributed by atoms with E-state index in [1.54, 1.807) is 19.2 Å². The highest BCUT2D eigenvalue weighted by Gasteiger charge is 2.18. The molecule has 0 unspecified atom stereocenters. The Bertz CT molecular complexity index is 978. The Morgan fingerprint density at radius 1 is 1.28 bits per heavy atom. The van der Waals surface area contributed by atoms with Crippen LogP contribution in [0, 0.1) is 12.7 Å². The number of amides is 1. The third kappa shape index (κ3) is 3.13. The standard InChI is InChI=1S/C18H15ClFN3O2/c1-10-6-11(7-13-14(19)9-21-22-17(10)13)18(24)23(2)12-4-5-15(20)16(8-12)25-3/h4-9H,1-3H3. The molecule has 0 aliphatic rings. The average Bonchev–Trinajstić information content (AvgIpc) is 2.61. The Morgan fingerprint density at radius 2 is 2.04 bits per heavy atom. The molecule has 25 heavy (non-hydrogen) atoms. The summed E-state index contributed by atoms with van der Waals surface area (Å²) in [7, 11) is 2.99. The SMILES string of the molecule is COc1cc(N(C)C(=O)c2cc(C)c3nncc(Cl)c3c2)ccc1F. The second-order valence-corrected chi connectivity index (χ2v) is 5.97. The Kier molecular flexibility index (Phi) is 4.55. The molecule has 5 nitrogen and oxygen atoms in total. The molecule has 7 heteroatoms. The van der Waals surface area contributed by atoms with E-state index in [1.165, 1.54) is 36.4 Å². The largest absolute Gasteiger partial charge is 0.494 e. The number of ether oxygens (including phenoxy) is 1. The molecule has 0 aliphatic carbocycles. The fourth-order valence-electron chi connectivity index (χ4n) is 2.59. The Morgan fingerprint density at radius 3 is 2.76 bits per heavy atom. The lowest BCUT2D eigenvalue weighted by Crippen LogP contribution is -2.26. The van der Waals surface area contributed by atoms with Crippen molar-refractivity contribution in [3.8, 4) is 5.75 Å². The fraction of sp³-hybridized carbons (Fsp3) is 0.167. The fourth-order valence-corrected chi connectivity index (χ4v) is 2.78. The van der Waals surface area contributed by atoms with Gasteiger partial charge in [-0.1, -0.05) is 11.6 Å². The summed E-state index contributed by atoms with van der Waals surface area (Å²) >= 11 is 6.17. The van der Waals surface area contributed by atoms with Gasteiger partial charge in [-0.15, -0.1) is 0 Å². The van der Waals surface area contributed by atoms with Crippen LogP contribution in [0.1, 0.15) is 15.9 Å². The lowest BCUT2D eigenvalue weighted by Gasteiger charge is -2.19. The topological polar surface area (TPSA) is 55.3 Å². The van der Waals surface area contributed by atoms with E-state index in [0.717, 1.165) is 5.56 Å². The number of fused-ring (bicyclic) bond motifs is 1. The summed E-state index contributed by atoms with van der Waals surface area (Å²) in [6.45, 7) is 1.84. The van der Waals surface area contributed by atoms with E-state index < -0.39 is 5.82 Å². The summed E-state index contributed by atoms with van der Waals surface area (Å²) in [6.07, 6.45) is 1.44. The summed E-state index contributed by atoms with van der Waals surface area (Å²) in [4.78, 5) is 14.3. The van der Waals surface area contributed by atoms with Gasteiger partial charge in [-0.2, -0.15) is 10.2 Å². The Hall–Kier alpha value is -2.73. The van der Waals surface area contributed by atoms with Gasteiger partial charge in [0.15, 0.2) is 11.6 Å². The molecule has 1 amide bonds. The van der Waals surface area contributed by atoms with Gasteiger partial charge in [0.2, 0.25) is 0 Å². The number of anilines is 1. The van der Waals surface area contributed by atoms with Crippen LogP contribution in [-0.4, -0.2) is 30.3 Å². The number of methoxy groups -OCH3 is 1. The minimum Gasteiger partial charge on any atom is -0.494 e. The Balaban J connectivity index is 2.03. The molecule has 0 spiro atoms. The molecule has 0 fully saturated rings. The number of rotatable bonds is 3. The molecule has 3 aromatic rings. The van der Waals surface area contributed by atoms with E-state index in [0.29, 0.717) is 27.2 Å². The molecule has 0 N–H and O–H groups in total. The van der Waals surface area contributed by atoms with E-state index in [9.17, 15) is 9.18 Å². The second-order valence-electron chi connectivity index (χ2n) is 5.56. The molecule has 2 aromatic carbocycles. The summed E-state index contributed by atoms with van der Waals surface area (Å²) in [5.41, 5.74) is 2.40. The minimum atomic E-state index is -0.487. The smallest absolute Gasteiger partial charge is 0.258 e. The van der Waals surface area contributed by atoms with Crippen molar-refractivity contribution in [2.45, 2.75) is 6.92 Å². The van der Waals surface area contributed by atoms with Crippen molar-refractivity contribution in [2.24, 2.45) is 0 Å². The number of aromatic nitrogens is 2. The minimum absolute atomic E-state index is 0.0742. The second kappa shape index (κ2) is 6.64. The highest BCUT2D eigenvalue weighted by atomic mass is 35.5. The van der Waals surface area contributed by atoms with E-state index in [4.69, 9.17) is 16.3 Å². The van der Waals surface area contributed by atoms with Crippen molar-refractivity contribution < 1.29 is 13.9 Å². The first-order valence-corrected chi connectivity index (χ1v) is 7.83. The van der Waals surface area contributed by atoms with Gasteiger partial charge >= 0.3 is 0 Å². The zero-order valence-corrected chi connectivity index (χ0v) is 14.6. The van der Waals surface area contributed by atoms with Crippen LogP contribution in [0.4, 0.5) is 10.1 Å². The maximum absolute atomic E-state index is 13.6. The van der Waals surface area contributed by atoms with E-state index in [2.05, 4.69) is 10.2 Å². The van der Waals surface area contributed by atoms with Crippen molar-refractivity contribution in [1.29, 1.82) is 0 Å². The van der Waals surface area contributed by atoms with E-state index in [1.807, 2.05) is 6.92 Å². The molecular formula is C18H15ClFN3O2. The highest BCUT2D eigenvalue weighted by Crippen LogP contribution is 2.28. The number of benzene rings is 2. The molecule has 0 radical (unpaired) electrons. The van der Waals surface area contributed by atoms with Gasteiger partial charge in [-0.3, -0.25) is 4.79 Å². The summed E-state index contributed by atoms with van der Waals surface area (Å²) in [5.74, 6) is -0.671. The number of nitrogens with zero attached hydrogens (tertiary/aromatic N) is 3. The zero-order chi connectivity index (χ0) is 18.1. The molecule has 1 aromatic heterocycles. The number of hydrogen-bond donors (Lipinski definition) is 0. The molecule has 0 bridgehead atoms. The van der Waals surface area contributed by atoms with Crippen molar-refractivity contribution >= 4 is 34.1 Å². The number of aryl methyl sites for hydroxylation is 1. The maximum Gasteiger partial charge on any atom is 0.258 e. The van der Waals surface area contributed by atoms with Gasteiger partial charge in [0.05, 0.1) is 23.8 Å². The third-order valence-corrected chi connectivity index (χ3v) is 4.26. The molecular weight excluding hydrogens is 345 g/mol. The van der Waals surface area contributed by atoms with Gasteiger partial charge in [0.25, 0.3) is 5.91 Å². The highest BCUT2D eigenvalue weighted by molar-refractivity contribution is 6.35. The van der Waals surface area contributed by atoms with Gasteiger partial charge in [-0.05, 0) is 36.8 Å². The van der Waals surface area contributed by atoms with Crippen molar-refractivity contribution in [3.63, 3.8) is 0 Å². The van der Waals surface area contributed by atoms with Crippen LogP contribution in [0.3, 0.4) is 0 Å². The molecule has 0 saturated heterocycles. The molecule has 0 aliphatic heterocycles. The van der Waals surface area contributed by atoms with Crippen LogP contribution in [0.15, 0.2) is 36.5 Å². The summed E-state index contributed by atoms with van der Waals surface area (Å²) in [5, 5.41) is 8.97. The van der Waals surface area contributed by atoms with Crippen LogP contribution in [0.5, 0.6) is 5.75 Å². The number of carbonyl (C=O) groups is 1. The normalized spacial score (nSPS) is 10.8. The van der Waals surface area contributed by atoms with Crippen LogP contribution >= 0.6 is 11.6 Å². The molecule has 1 heterocycles. The lowest BCUT2D eigenvalue weighted by molar-refractivity contribution is 0.0993.